The van der Waals surface area contributed by atoms with Crippen molar-refractivity contribution in [3.63, 3.8) is 0 Å². The number of anilines is 1. The van der Waals surface area contributed by atoms with Gasteiger partial charge in [-0.3, -0.25) is 0 Å². The summed E-state index contributed by atoms with van der Waals surface area (Å²) in [5, 5.41) is 0.743. The van der Waals surface area contributed by atoms with Crippen LogP contribution in [0.25, 0.3) is 0 Å². The third kappa shape index (κ3) is 3.55. The first-order chi connectivity index (χ1) is 9.90. The van der Waals surface area contributed by atoms with Gasteiger partial charge in [-0.15, -0.1) is 0 Å². The van der Waals surface area contributed by atoms with Crippen LogP contribution in [0.2, 0.25) is 5.02 Å². The summed E-state index contributed by atoms with van der Waals surface area (Å²) >= 11 is 11.1. The second-order valence-corrected chi connectivity index (χ2v) is 6.10. The van der Waals surface area contributed by atoms with E-state index >= 15 is 0 Å². The summed E-state index contributed by atoms with van der Waals surface area (Å²) in [5.74, 6) is 0. The Morgan fingerprint density at radius 3 is 2.38 bits per heavy atom. The zero-order valence-corrected chi connectivity index (χ0v) is 14.0. The zero-order chi connectivity index (χ0) is 15.6. The molecule has 0 bridgehead atoms. The highest BCUT2D eigenvalue weighted by molar-refractivity contribution is 7.80. The molecular formula is C17H19ClN2S. The lowest BCUT2D eigenvalue weighted by molar-refractivity contribution is 0.739. The average molecular weight is 319 g/mol. The SMILES string of the molecule is Cc1ccc(N(C)C(C)c2ccc(Cl)cc2)c(C(N)=S)c1. The molecule has 1 unspecified atom stereocenters. The topological polar surface area (TPSA) is 29.3 Å². The van der Waals surface area contributed by atoms with Crippen LogP contribution in [0.1, 0.15) is 29.7 Å². The van der Waals surface area contributed by atoms with Gasteiger partial charge in [0.2, 0.25) is 0 Å². The minimum atomic E-state index is 0.193. The normalized spacial score (nSPS) is 12.0. The Balaban J connectivity index is 2.37. The molecule has 0 fully saturated rings. The van der Waals surface area contributed by atoms with Gasteiger partial charge in [0.25, 0.3) is 0 Å². The van der Waals surface area contributed by atoms with E-state index in [0.29, 0.717) is 4.99 Å². The smallest absolute Gasteiger partial charge is 0.106 e. The van der Waals surface area contributed by atoms with E-state index in [-0.39, 0.29) is 6.04 Å². The molecule has 0 heterocycles. The lowest BCUT2D eigenvalue weighted by Gasteiger charge is -2.29. The summed E-state index contributed by atoms with van der Waals surface area (Å²) in [5.41, 5.74) is 10.2. The molecule has 0 aliphatic carbocycles. The van der Waals surface area contributed by atoms with Crippen molar-refractivity contribution >= 4 is 34.5 Å². The predicted octanol–water partition coefficient (Wildman–Crippen LogP) is 4.48. The predicted molar refractivity (Wildman–Crippen MR) is 95.3 cm³/mol. The molecule has 0 radical (unpaired) electrons. The van der Waals surface area contributed by atoms with Gasteiger partial charge in [-0.1, -0.05) is 47.6 Å². The van der Waals surface area contributed by atoms with Crippen molar-refractivity contribution in [2.24, 2.45) is 5.73 Å². The standard InChI is InChI=1S/C17H19ClN2S/c1-11-4-9-16(15(10-11)17(19)21)20(3)12(2)13-5-7-14(18)8-6-13/h4-10,12H,1-3H3,(H2,19,21). The zero-order valence-electron chi connectivity index (χ0n) is 12.4. The van der Waals surface area contributed by atoms with Gasteiger partial charge in [0.1, 0.15) is 4.99 Å². The molecule has 2 aromatic carbocycles. The second kappa shape index (κ2) is 6.46. The van der Waals surface area contributed by atoms with Gasteiger partial charge < -0.3 is 10.6 Å². The first-order valence-corrected chi connectivity index (χ1v) is 7.57. The Bertz CT molecular complexity index is 652. The third-order valence-electron chi connectivity index (χ3n) is 3.73. The molecule has 0 aliphatic heterocycles. The number of rotatable bonds is 4. The summed E-state index contributed by atoms with van der Waals surface area (Å²) in [4.78, 5) is 2.60. The molecular weight excluding hydrogens is 300 g/mol. The maximum Gasteiger partial charge on any atom is 0.106 e. The van der Waals surface area contributed by atoms with Crippen LogP contribution in [0.5, 0.6) is 0 Å². The third-order valence-corrected chi connectivity index (χ3v) is 4.20. The molecule has 2 aromatic rings. The van der Waals surface area contributed by atoms with Gasteiger partial charge >= 0.3 is 0 Å². The molecule has 21 heavy (non-hydrogen) atoms. The Hall–Kier alpha value is -1.58. The monoisotopic (exact) mass is 318 g/mol. The van der Waals surface area contributed by atoms with Crippen molar-refractivity contribution in [2.45, 2.75) is 19.9 Å². The number of halogens is 1. The van der Waals surface area contributed by atoms with Gasteiger partial charge in [-0.2, -0.15) is 0 Å². The number of benzene rings is 2. The number of nitrogens with zero attached hydrogens (tertiary/aromatic N) is 1. The number of hydrogen-bond acceptors (Lipinski definition) is 2. The van der Waals surface area contributed by atoms with E-state index in [2.05, 4.69) is 24.0 Å². The van der Waals surface area contributed by atoms with Crippen LogP contribution >= 0.6 is 23.8 Å². The fourth-order valence-electron chi connectivity index (χ4n) is 2.33. The van der Waals surface area contributed by atoms with E-state index in [1.54, 1.807) is 0 Å². The summed E-state index contributed by atoms with van der Waals surface area (Å²) in [6.45, 7) is 4.18. The summed E-state index contributed by atoms with van der Waals surface area (Å²) in [6.07, 6.45) is 0. The molecule has 0 amide bonds. The molecule has 110 valence electrons. The lowest BCUT2D eigenvalue weighted by atomic mass is 10.0. The van der Waals surface area contributed by atoms with Gasteiger partial charge in [0.15, 0.2) is 0 Å². The van der Waals surface area contributed by atoms with Crippen LogP contribution in [0.4, 0.5) is 5.69 Å². The molecule has 0 saturated carbocycles. The molecule has 0 saturated heterocycles. The van der Waals surface area contributed by atoms with Gasteiger partial charge in [0, 0.05) is 23.3 Å². The number of nitrogens with two attached hydrogens (primary N) is 1. The maximum absolute atomic E-state index is 5.95. The molecule has 2 rings (SSSR count). The van der Waals surface area contributed by atoms with Crippen molar-refractivity contribution < 1.29 is 0 Å². The quantitative estimate of drug-likeness (QED) is 0.843. The molecule has 4 heteroatoms. The Kier molecular flexibility index (Phi) is 4.86. The summed E-state index contributed by atoms with van der Waals surface area (Å²) < 4.78 is 0. The minimum absolute atomic E-state index is 0.193. The second-order valence-electron chi connectivity index (χ2n) is 5.22. The molecule has 0 aliphatic rings. The van der Waals surface area contributed by atoms with Gasteiger partial charge in [-0.05, 0) is 43.7 Å². The Morgan fingerprint density at radius 1 is 1.19 bits per heavy atom. The van der Waals surface area contributed by atoms with E-state index < -0.39 is 0 Å². The van der Waals surface area contributed by atoms with Gasteiger partial charge in [0.05, 0.1) is 6.04 Å². The Morgan fingerprint density at radius 2 is 1.81 bits per heavy atom. The van der Waals surface area contributed by atoms with Crippen molar-refractivity contribution in [1.29, 1.82) is 0 Å². The number of aryl methyl sites for hydroxylation is 1. The van der Waals surface area contributed by atoms with Crippen LogP contribution in [-0.4, -0.2) is 12.0 Å². The van der Waals surface area contributed by atoms with E-state index in [4.69, 9.17) is 29.6 Å². The molecule has 0 spiro atoms. The van der Waals surface area contributed by atoms with Crippen LogP contribution in [-0.2, 0) is 0 Å². The van der Waals surface area contributed by atoms with Crippen LogP contribution in [0, 0.1) is 6.92 Å². The number of hydrogen-bond donors (Lipinski definition) is 1. The summed E-state index contributed by atoms with van der Waals surface area (Å²) in [6, 6.07) is 14.3. The highest BCUT2D eigenvalue weighted by Gasteiger charge is 2.16. The van der Waals surface area contributed by atoms with Gasteiger partial charge in [-0.25, -0.2) is 0 Å². The first kappa shape index (κ1) is 15.8. The highest BCUT2D eigenvalue weighted by atomic mass is 35.5. The van der Waals surface area contributed by atoms with E-state index in [1.165, 1.54) is 5.56 Å². The van der Waals surface area contributed by atoms with Crippen LogP contribution in [0.3, 0.4) is 0 Å². The van der Waals surface area contributed by atoms with Crippen molar-refractivity contribution in [3.05, 3.63) is 64.2 Å². The Labute approximate surface area is 136 Å². The minimum Gasteiger partial charge on any atom is -0.389 e. The molecule has 2 N–H and O–H groups in total. The fourth-order valence-corrected chi connectivity index (χ4v) is 2.62. The highest BCUT2D eigenvalue weighted by Crippen LogP contribution is 2.29. The molecule has 2 nitrogen and oxygen atoms in total. The van der Waals surface area contributed by atoms with E-state index in [0.717, 1.165) is 21.8 Å². The largest absolute Gasteiger partial charge is 0.389 e. The number of thiocarbonyl (C=S) groups is 1. The lowest BCUT2D eigenvalue weighted by Crippen LogP contribution is -2.25. The van der Waals surface area contributed by atoms with E-state index in [9.17, 15) is 0 Å². The fraction of sp³-hybridized carbons (Fsp3) is 0.235. The van der Waals surface area contributed by atoms with Crippen molar-refractivity contribution in [3.8, 4) is 0 Å². The van der Waals surface area contributed by atoms with E-state index in [1.807, 2.05) is 44.3 Å². The first-order valence-electron chi connectivity index (χ1n) is 6.79. The maximum atomic E-state index is 5.95. The summed E-state index contributed by atoms with van der Waals surface area (Å²) in [7, 11) is 2.05. The van der Waals surface area contributed by atoms with Crippen molar-refractivity contribution in [1.82, 2.24) is 0 Å². The van der Waals surface area contributed by atoms with Crippen LogP contribution in [0.15, 0.2) is 42.5 Å². The molecule has 0 aromatic heterocycles. The van der Waals surface area contributed by atoms with Crippen molar-refractivity contribution in [2.75, 3.05) is 11.9 Å². The average Bonchev–Trinajstić information content (AvgIpc) is 2.46. The van der Waals surface area contributed by atoms with Crippen LogP contribution < -0.4 is 10.6 Å². The molecule has 1 atom stereocenters.